The molecule has 0 N–H and O–H groups in total. The van der Waals surface area contributed by atoms with E-state index in [4.69, 9.17) is 4.74 Å². The molecular formula is C12H7Br2O. The molecule has 0 aliphatic heterocycles. The monoisotopic (exact) mass is 325 g/mol. The Labute approximate surface area is 105 Å². The summed E-state index contributed by atoms with van der Waals surface area (Å²) in [6.45, 7) is 0. The molecule has 0 amide bonds. The first-order valence-electron chi connectivity index (χ1n) is 4.34. The first kappa shape index (κ1) is 10.7. The predicted molar refractivity (Wildman–Crippen MR) is 67.2 cm³/mol. The molecule has 0 unspecified atom stereocenters. The standard InChI is InChI=1S/C12H7Br2O/c13-9-6-10(14)8-12(7-9)15-11-4-2-1-3-5-11/h1-2,4-8H. The zero-order valence-corrected chi connectivity index (χ0v) is 10.9. The van der Waals surface area contributed by atoms with Gasteiger partial charge >= 0.3 is 0 Å². The second kappa shape index (κ2) is 4.81. The van der Waals surface area contributed by atoms with Crippen LogP contribution in [0.2, 0.25) is 0 Å². The molecular weight excluding hydrogens is 320 g/mol. The summed E-state index contributed by atoms with van der Waals surface area (Å²) in [7, 11) is 0. The van der Waals surface area contributed by atoms with Gasteiger partial charge in [-0.15, -0.1) is 0 Å². The van der Waals surface area contributed by atoms with Gasteiger partial charge in [0.25, 0.3) is 0 Å². The Morgan fingerprint density at radius 2 is 1.73 bits per heavy atom. The van der Waals surface area contributed by atoms with Gasteiger partial charge in [-0.05, 0) is 36.4 Å². The largest absolute Gasteiger partial charge is 0.457 e. The maximum absolute atomic E-state index is 5.65. The van der Waals surface area contributed by atoms with Crippen LogP contribution in [0.5, 0.6) is 11.5 Å². The maximum Gasteiger partial charge on any atom is 0.129 e. The van der Waals surface area contributed by atoms with Crippen molar-refractivity contribution in [1.82, 2.24) is 0 Å². The molecule has 0 heterocycles. The van der Waals surface area contributed by atoms with Crippen molar-refractivity contribution in [3.8, 4) is 11.5 Å². The second-order valence-electron chi connectivity index (χ2n) is 2.95. The molecule has 0 aliphatic carbocycles. The Morgan fingerprint density at radius 1 is 1.00 bits per heavy atom. The van der Waals surface area contributed by atoms with Crippen LogP contribution >= 0.6 is 31.9 Å². The zero-order chi connectivity index (χ0) is 10.7. The topological polar surface area (TPSA) is 9.23 Å². The van der Waals surface area contributed by atoms with Gasteiger partial charge in [0.05, 0.1) is 0 Å². The minimum Gasteiger partial charge on any atom is -0.457 e. The normalized spacial score (nSPS) is 10.0. The molecule has 3 heteroatoms. The molecule has 0 saturated heterocycles. The van der Waals surface area contributed by atoms with E-state index in [1.807, 2.05) is 36.4 Å². The van der Waals surface area contributed by atoms with Crippen LogP contribution in [0.25, 0.3) is 0 Å². The van der Waals surface area contributed by atoms with Gasteiger partial charge in [0.15, 0.2) is 0 Å². The Hall–Kier alpha value is -0.800. The van der Waals surface area contributed by atoms with Crippen LogP contribution in [0, 0.1) is 6.07 Å². The predicted octanol–water partition coefficient (Wildman–Crippen LogP) is 4.80. The summed E-state index contributed by atoms with van der Waals surface area (Å²) < 4.78 is 7.61. The van der Waals surface area contributed by atoms with Crippen LogP contribution in [-0.4, -0.2) is 0 Å². The van der Waals surface area contributed by atoms with Crippen LogP contribution in [0.4, 0.5) is 0 Å². The van der Waals surface area contributed by atoms with E-state index >= 15 is 0 Å². The van der Waals surface area contributed by atoms with Crippen molar-refractivity contribution in [2.24, 2.45) is 0 Å². The Kier molecular flexibility index (Phi) is 3.44. The van der Waals surface area contributed by atoms with Crippen molar-refractivity contribution >= 4 is 31.9 Å². The van der Waals surface area contributed by atoms with Crippen molar-refractivity contribution in [2.75, 3.05) is 0 Å². The fraction of sp³-hybridized carbons (Fsp3) is 0. The second-order valence-corrected chi connectivity index (χ2v) is 4.78. The van der Waals surface area contributed by atoms with E-state index in [0.717, 1.165) is 20.4 Å². The quantitative estimate of drug-likeness (QED) is 0.770. The molecule has 2 aromatic carbocycles. The van der Waals surface area contributed by atoms with E-state index in [1.165, 1.54) is 0 Å². The maximum atomic E-state index is 5.65. The average molecular weight is 327 g/mol. The van der Waals surface area contributed by atoms with Gasteiger partial charge < -0.3 is 4.74 Å². The lowest BCUT2D eigenvalue weighted by Gasteiger charge is -2.06. The number of hydrogen-bond donors (Lipinski definition) is 0. The number of hydrogen-bond acceptors (Lipinski definition) is 1. The highest BCUT2D eigenvalue weighted by Crippen LogP contribution is 2.28. The Balaban J connectivity index is 2.25. The van der Waals surface area contributed by atoms with Crippen LogP contribution < -0.4 is 4.74 Å². The molecule has 0 atom stereocenters. The Morgan fingerprint density at radius 3 is 2.33 bits per heavy atom. The van der Waals surface area contributed by atoms with Gasteiger partial charge in [-0.1, -0.05) is 44.0 Å². The molecule has 75 valence electrons. The minimum absolute atomic E-state index is 0.780. The molecule has 0 fully saturated rings. The lowest BCUT2D eigenvalue weighted by atomic mass is 10.3. The summed E-state index contributed by atoms with van der Waals surface area (Å²) in [5, 5.41) is 0. The SMILES string of the molecule is Brc1cc(Br)cc(Oc2c[c]ccc2)c1. The van der Waals surface area contributed by atoms with E-state index < -0.39 is 0 Å². The summed E-state index contributed by atoms with van der Waals surface area (Å²) in [6.07, 6.45) is 0. The van der Waals surface area contributed by atoms with Gasteiger partial charge in [0.2, 0.25) is 0 Å². The molecule has 0 saturated carbocycles. The highest BCUT2D eigenvalue weighted by Gasteiger charge is 1.99. The Bertz CT molecular complexity index is 434. The van der Waals surface area contributed by atoms with E-state index in [1.54, 1.807) is 6.07 Å². The summed E-state index contributed by atoms with van der Waals surface area (Å²) in [6, 6.07) is 16.2. The van der Waals surface area contributed by atoms with Crippen molar-refractivity contribution < 1.29 is 4.74 Å². The van der Waals surface area contributed by atoms with Gasteiger partial charge in [0, 0.05) is 8.95 Å². The summed E-state index contributed by atoms with van der Waals surface area (Å²) in [4.78, 5) is 0. The van der Waals surface area contributed by atoms with Crippen molar-refractivity contribution in [3.05, 3.63) is 57.5 Å². The first-order chi connectivity index (χ1) is 7.24. The van der Waals surface area contributed by atoms with Gasteiger partial charge in [-0.25, -0.2) is 0 Å². The van der Waals surface area contributed by atoms with E-state index in [0.29, 0.717) is 0 Å². The highest BCUT2D eigenvalue weighted by molar-refractivity contribution is 9.11. The third-order valence-electron chi connectivity index (χ3n) is 1.75. The van der Waals surface area contributed by atoms with Crippen LogP contribution in [0.15, 0.2) is 51.4 Å². The van der Waals surface area contributed by atoms with Gasteiger partial charge in [-0.3, -0.25) is 0 Å². The van der Waals surface area contributed by atoms with Crippen molar-refractivity contribution in [2.45, 2.75) is 0 Å². The fourth-order valence-corrected chi connectivity index (χ4v) is 2.42. The molecule has 0 bridgehead atoms. The van der Waals surface area contributed by atoms with Crippen molar-refractivity contribution in [1.29, 1.82) is 0 Å². The molecule has 0 aliphatic rings. The number of halogens is 2. The lowest BCUT2D eigenvalue weighted by molar-refractivity contribution is 0.482. The first-order valence-corrected chi connectivity index (χ1v) is 5.93. The van der Waals surface area contributed by atoms with Crippen LogP contribution in [0.3, 0.4) is 0 Å². The minimum atomic E-state index is 0.780. The molecule has 1 radical (unpaired) electrons. The summed E-state index contributed by atoms with van der Waals surface area (Å²) >= 11 is 6.82. The highest BCUT2D eigenvalue weighted by atomic mass is 79.9. The van der Waals surface area contributed by atoms with E-state index in [-0.39, 0.29) is 0 Å². The molecule has 1 nitrogen and oxygen atoms in total. The fourth-order valence-electron chi connectivity index (χ4n) is 1.16. The smallest absolute Gasteiger partial charge is 0.129 e. The zero-order valence-electron chi connectivity index (χ0n) is 7.71. The van der Waals surface area contributed by atoms with Crippen molar-refractivity contribution in [3.63, 3.8) is 0 Å². The molecule has 15 heavy (non-hydrogen) atoms. The lowest BCUT2D eigenvalue weighted by Crippen LogP contribution is -1.83. The van der Waals surface area contributed by atoms with E-state index in [9.17, 15) is 0 Å². The molecule has 0 aromatic heterocycles. The number of ether oxygens (including phenoxy) is 1. The van der Waals surface area contributed by atoms with Gasteiger partial charge in [0.1, 0.15) is 11.5 Å². The van der Waals surface area contributed by atoms with Gasteiger partial charge in [-0.2, -0.15) is 0 Å². The number of benzene rings is 2. The van der Waals surface area contributed by atoms with E-state index in [2.05, 4.69) is 37.9 Å². The third kappa shape index (κ3) is 3.08. The molecule has 2 aromatic rings. The average Bonchev–Trinajstić information content (AvgIpc) is 2.17. The van der Waals surface area contributed by atoms with Crippen LogP contribution in [-0.2, 0) is 0 Å². The molecule has 2 rings (SSSR count). The molecule has 0 spiro atoms. The van der Waals surface area contributed by atoms with Crippen LogP contribution in [0.1, 0.15) is 0 Å². The summed E-state index contributed by atoms with van der Waals surface area (Å²) in [5.41, 5.74) is 0. The third-order valence-corrected chi connectivity index (χ3v) is 2.67. The number of rotatable bonds is 2. The summed E-state index contributed by atoms with van der Waals surface area (Å²) in [5.74, 6) is 1.57.